The number of ketones is 1. The summed E-state index contributed by atoms with van der Waals surface area (Å²) in [7, 11) is 0. The van der Waals surface area contributed by atoms with Crippen LogP contribution in [0.5, 0.6) is 0 Å². The van der Waals surface area contributed by atoms with Gasteiger partial charge >= 0.3 is 0 Å². The molecule has 0 aliphatic carbocycles. The van der Waals surface area contributed by atoms with E-state index >= 15 is 0 Å². The molecule has 0 N–H and O–H groups in total. The standard InChI is InChI=1S/C16H10O3/c17-10-14-15(12-8-4-5-9-13(12)19-14)16(18)11-6-2-1-3-7-11/h1-10H. The van der Waals surface area contributed by atoms with E-state index in [1.807, 2.05) is 12.1 Å². The van der Waals surface area contributed by atoms with Gasteiger partial charge in [-0.05, 0) is 6.07 Å². The third-order valence-electron chi connectivity index (χ3n) is 2.99. The quantitative estimate of drug-likeness (QED) is 0.528. The number of carbonyl (C=O) groups is 2. The molecule has 1 aromatic heterocycles. The third-order valence-corrected chi connectivity index (χ3v) is 2.99. The number of aldehydes is 1. The van der Waals surface area contributed by atoms with Crippen LogP contribution in [0.4, 0.5) is 0 Å². The molecule has 3 rings (SSSR count). The number of fused-ring (bicyclic) bond motifs is 1. The molecular formula is C16H10O3. The van der Waals surface area contributed by atoms with Gasteiger partial charge in [0.2, 0.25) is 0 Å². The summed E-state index contributed by atoms with van der Waals surface area (Å²) in [6, 6.07) is 16.0. The maximum atomic E-state index is 12.5. The van der Waals surface area contributed by atoms with Gasteiger partial charge in [-0.2, -0.15) is 0 Å². The first-order valence-corrected chi connectivity index (χ1v) is 5.87. The predicted octanol–water partition coefficient (Wildman–Crippen LogP) is 3.48. The van der Waals surface area contributed by atoms with Crippen LogP contribution in [0.2, 0.25) is 0 Å². The van der Waals surface area contributed by atoms with Crippen molar-refractivity contribution >= 4 is 23.0 Å². The van der Waals surface area contributed by atoms with Crippen molar-refractivity contribution in [3.63, 3.8) is 0 Å². The number of furan rings is 1. The first kappa shape index (κ1) is 11.4. The minimum atomic E-state index is -0.201. The molecule has 2 aromatic carbocycles. The maximum Gasteiger partial charge on any atom is 0.197 e. The van der Waals surface area contributed by atoms with E-state index in [1.54, 1.807) is 42.5 Å². The van der Waals surface area contributed by atoms with E-state index < -0.39 is 0 Å². The average Bonchev–Trinajstić information content (AvgIpc) is 2.86. The fourth-order valence-electron chi connectivity index (χ4n) is 2.12. The molecule has 0 radical (unpaired) electrons. The molecule has 0 aliphatic rings. The fourth-order valence-corrected chi connectivity index (χ4v) is 2.12. The minimum absolute atomic E-state index is 0.0788. The van der Waals surface area contributed by atoms with E-state index in [2.05, 4.69) is 0 Å². The topological polar surface area (TPSA) is 47.3 Å². The van der Waals surface area contributed by atoms with E-state index in [4.69, 9.17) is 4.42 Å². The van der Waals surface area contributed by atoms with Crippen LogP contribution >= 0.6 is 0 Å². The van der Waals surface area contributed by atoms with Crippen molar-refractivity contribution in [3.05, 3.63) is 71.5 Å². The number of carbonyl (C=O) groups excluding carboxylic acids is 2. The first-order chi connectivity index (χ1) is 9.31. The second-order valence-electron chi connectivity index (χ2n) is 4.15. The molecule has 3 aromatic rings. The lowest BCUT2D eigenvalue weighted by Gasteiger charge is -1.99. The van der Waals surface area contributed by atoms with Crippen LogP contribution in [0.3, 0.4) is 0 Å². The Labute approximate surface area is 109 Å². The summed E-state index contributed by atoms with van der Waals surface area (Å²) >= 11 is 0. The number of rotatable bonds is 3. The number of para-hydroxylation sites is 1. The van der Waals surface area contributed by atoms with E-state index in [0.29, 0.717) is 28.4 Å². The number of hydrogen-bond donors (Lipinski definition) is 0. The highest BCUT2D eigenvalue weighted by molar-refractivity contribution is 6.19. The monoisotopic (exact) mass is 250 g/mol. The molecule has 3 nitrogen and oxygen atoms in total. The Bertz CT molecular complexity index is 754. The molecule has 0 saturated heterocycles. The van der Waals surface area contributed by atoms with Crippen molar-refractivity contribution in [1.82, 2.24) is 0 Å². The van der Waals surface area contributed by atoms with Gasteiger partial charge in [0, 0.05) is 10.9 Å². The number of benzene rings is 2. The summed E-state index contributed by atoms with van der Waals surface area (Å²) in [6.07, 6.45) is 0.580. The molecule has 19 heavy (non-hydrogen) atoms. The molecule has 1 heterocycles. The van der Waals surface area contributed by atoms with Crippen molar-refractivity contribution < 1.29 is 14.0 Å². The van der Waals surface area contributed by atoms with Crippen molar-refractivity contribution in [2.24, 2.45) is 0 Å². The minimum Gasteiger partial charge on any atom is -0.452 e. The molecule has 0 amide bonds. The average molecular weight is 250 g/mol. The zero-order valence-corrected chi connectivity index (χ0v) is 10.00. The summed E-state index contributed by atoms with van der Waals surface area (Å²) in [6.45, 7) is 0. The highest BCUT2D eigenvalue weighted by Gasteiger charge is 2.21. The zero-order valence-electron chi connectivity index (χ0n) is 10.00. The van der Waals surface area contributed by atoms with E-state index in [-0.39, 0.29) is 11.5 Å². The van der Waals surface area contributed by atoms with Gasteiger partial charge in [0.25, 0.3) is 0 Å². The number of hydrogen-bond acceptors (Lipinski definition) is 3. The Morgan fingerprint density at radius 3 is 2.37 bits per heavy atom. The Hall–Kier alpha value is -2.68. The summed E-state index contributed by atoms with van der Waals surface area (Å²) in [5.41, 5.74) is 1.41. The van der Waals surface area contributed by atoms with Gasteiger partial charge in [-0.15, -0.1) is 0 Å². The summed E-state index contributed by atoms with van der Waals surface area (Å²) in [5, 5.41) is 0.665. The maximum absolute atomic E-state index is 12.5. The van der Waals surface area contributed by atoms with Gasteiger partial charge < -0.3 is 4.42 Å². The predicted molar refractivity (Wildman–Crippen MR) is 71.5 cm³/mol. The van der Waals surface area contributed by atoms with Crippen LogP contribution in [0.15, 0.2) is 59.0 Å². The van der Waals surface area contributed by atoms with Gasteiger partial charge in [-0.1, -0.05) is 48.5 Å². The lowest BCUT2D eigenvalue weighted by Crippen LogP contribution is -2.02. The lowest BCUT2D eigenvalue weighted by atomic mass is 10.0. The molecular weight excluding hydrogens is 240 g/mol. The van der Waals surface area contributed by atoms with E-state index in [0.717, 1.165) is 0 Å². The van der Waals surface area contributed by atoms with Crippen molar-refractivity contribution in [2.45, 2.75) is 0 Å². The van der Waals surface area contributed by atoms with Crippen LogP contribution < -0.4 is 0 Å². The molecule has 0 fully saturated rings. The highest BCUT2D eigenvalue weighted by atomic mass is 16.3. The van der Waals surface area contributed by atoms with Gasteiger partial charge in [0.15, 0.2) is 17.8 Å². The molecule has 0 saturated carbocycles. The van der Waals surface area contributed by atoms with Gasteiger partial charge in [-0.25, -0.2) is 0 Å². The van der Waals surface area contributed by atoms with E-state index in [1.165, 1.54) is 0 Å². The summed E-state index contributed by atoms with van der Waals surface area (Å²) < 4.78 is 5.40. The largest absolute Gasteiger partial charge is 0.452 e. The van der Waals surface area contributed by atoms with Crippen molar-refractivity contribution in [1.29, 1.82) is 0 Å². The van der Waals surface area contributed by atoms with Crippen molar-refractivity contribution in [2.75, 3.05) is 0 Å². The van der Waals surface area contributed by atoms with Crippen LogP contribution in [0.25, 0.3) is 11.0 Å². The van der Waals surface area contributed by atoms with Gasteiger partial charge in [0.05, 0.1) is 5.56 Å². The lowest BCUT2D eigenvalue weighted by molar-refractivity contribution is 0.102. The normalized spacial score (nSPS) is 10.5. The summed E-state index contributed by atoms with van der Waals surface area (Å²) in [4.78, 5) is 23.6. The van der Waals surface area contributed by atoms with Gasteiger partial charge in [0.1, 0.15) is 5.58 Å². The van der Waals surface area contributed by atoms with Crippen LogP contribution in [-0.4, -0.2) is 12.1 Å². The Kier molecular flexibility index (Phi) is 2.72. The third kappa shape index (κ3) is 1.85. The SMILES string of the molecule is O=Cc1oc2ccccc2c1C(=O)c1ccccc1. The Morgan fingerprint density at radius 2 is 1.63 bits per heavy atom. The van der Waals surface area contributed by atoms with Crippen LogP contribution in [-0.2, 0) is 0 Å². The molecule has 0 bridgehead atoms. The highest BCUT2D eigenvalue weighted by Crippen LogP contribution is 2.27. The van der Waals surface area contributed by atoms with Crippen LogP contribution in [0, 0.1) is 0 Å². The molecule has 0 unspecified atom stereocenters. The fraction of sp³-hybridized carbons (Fsp3) is 0. The first-order valence-electron chi connectivity index (χ1n) is 5.87. The Morgan fingerprint density at radius 1 is 0.947 bits per heavy atom. The van der Waals surface area contributed by atoms with E-state index in [9.17, 15) is 9.59 Å². The van der Waals surface area contributed by atoms with Crippen molar-refractivity contribution in [3.8, 4) is 0 Å². The molecule has 92 valence electrons. The molecule has 3 heteroatoms. The summed E-state index contributed by atoms with van der Waals surface area (Å²) in [5.74, 6) is -0.122. The second-order valence-corrected chi connectivity index (χ2v) is 4.15. The zero-order chi connectivity index (χ0) is 13.2. The smallest absolute Gasteiger partial charge is 0.197 e. The van der Waals surface area contributed by atoms with Crippen LogP contribution in [0.1, 0.15) is 26.5 Å². The Balaban J connectivity index is 2.24. The van der Waals surface area contributed by atoms with Gasteiger partial charge in [-0.3, -0.25) is 9.59 Å². The second kappa shape index (κ2) is 4.53. The molecule has 0 atom stereocenters. The molecule has 0 spiro atoms. The molecule has 0 aliphatic heterocycles.